The summed E-state index contributed by atoms with van der Waals surface area (Å²) in [6.45, 7) is 7.73. The Hall–Kier alpha value is -1.10. The molecular weight excluding hydrogens is 234 g/mol. The lowest BCUT2D eigenvalue weighted by Gasteiger charge is -2.20. The van der Waals surface area contributed by atoms with Gasteiger partial charge in [-0.3, -0.25) is 4.79 Å². The van der Waals surface area contributed by atoms with Crippen LogP contribution in [0.4, 0.5) is 0 Å². The number of hydrogen-bond acceptors (Lipinski definition) is 3. The fraction of sp³-hybridized carbons (Fsp3) is 0.846. The average molecular weight is 257 g/mol. The molecule has 0 bridgehead atoms. The van der Waals surface area contributed by atoms with E-state index in [4.69, 9.17) is 9.84 Å². The minimum absolute atomic E-state index is 0.0594. The molecule has 0 spiro atoms. The Bertz CT molecular complexity index is 316. The molecule has 1 aliphatic heterocycles. The molecule has 0 saturated carbocycles. The molecule has 104 valence electrons. The number of carboxylic acids is 1. The van der Waals surface area contributed by atoms with Gasteiger partial charge >= 0.3 is 5.97 Å². The van der Waals surface area contributed by atoms with E-state index in [9.17, 15) is 9.59 Å². The van der Waals surface area contributed by atoms with Crippen LogP contribution in [0.25, 0.3) is 0 Å². The molecule has 0 aromatic rings. The lowest BCUT2D eigenvalue weighted by molar-refractivity contribution is -0.145. The summed E-state index contributed by atoms with van der Waals surface area (Å²) in [6.07, 6.45) is 0.802. The summed E-state index contributed by atoms with van der Waals surface area (Å²) in [6, 6.07) is -0.829. The van der Waals surface area contributed by atoms with Gasteiger partial charge in [0.1, 0.15) is 12.1 Å². The van der Waals surface area contributed by atoms with Gasteiger partial charge in [0.05, 0.1) is 6.10 Å². The zero-order chi connectivity index (χ0) is 13.9. The fourth-order valence-corrected chi connectivity index (χ4v) is 2.35. The molecule has 1 aliphatic rings. The largest absolute Gasteiger partial charge is 0.480 e. The third-order valence-corrected chi connectivity index (χ3v) is 3.18. The highest BCUT2D eigenvalue weighted by Crippen LogP contribution is 2.26. The van der Waals surface area contributed by atoms with Gasteiger partial charge in [0.25, 0.3) is 0 Å². The van der Waals surface area contributed by atoms with E-state index in [1.807, 2.05) is 27.7 Å². The number of ether oxygens (including phenoxy) is 1. The molecule has 5 heteroatoms. The molecule has 2 N–H and O–H groups in total. The molecule has 1 saturated heterocycles. The van der Waals surface area contributed by atoms with Crippen LogP contribution in [0.15, 0.2) is 0 Å². The van der Waals surface area contributed by atoms with Crippen LogP contribution in [0.1, 0.15) is 40.5 Å². The molecular formula is C13H23NO4. The summed E-state index contributed by atoms with van der Waals surface area (Å²) in [5.41, 5.74) is 0. The second kappa shape index (κ2) is 6.18. The minimum Gasteiger partial charge on any atom is -0.480 e. The maximum Gasteiger partial charge on any atom is 0.326 e. The van der Waals surface area contributed by atoms with Crippen LogP contribution in [-0.2, 0) is 14.3 Å². The van der Waals surface area contributed by atoms with Crippen molar-refractivity contribution in [1.29, 1.82) is 0 Å². The van der Waals surface area contributed by atoms with Crippen molar-refractivity contribution in [2.45, 2.75) is 58.8 Å². The third kappa shape index (κ3) is 3.98. The van der Waals surface area contributed by atoms with E-state index in [-0.39, 0.29) is 23.8 Å². The molecule has 1 rings (SSSR count). The molecule has 1 heterocycles. The first kappa shape index (κ1) is 15.0. The van der Waals surface area contributed by atoms with E-state index in [2.05, 4.69) is 5.32 Å². The van der Waals surface area contributed by atoms with Crippen LogP contribution in [0.3, 0.4) is 0 Å². The minimum atomic E-state index is -0.990. The maximum absolute atomic E-state index is 12.0. The van der Waals surface area contributed by atoms with Crippen LogP contribution in [0, 0.1) is 11.8 Å². The van der Waals surface area contributed by atoms with Crippen molar-refractivity contribution in [2.75, 3.05) is 0 Å². The number of carbonyl (C=O) groups excluding carboxylic acids is 1. The summed E-state index contributed by atoms with van der Waals surface area (Å²) in [5.74, 6) is -0.948. The molecule has 1 amide bonds. The number of rotatable bonds is 5. The van der Waals surface area contributed by atoms with Gasteiger partial charge in [0.15, 0.2) is 0 Å². The average Bonchev–Trinajstić information content (AvgIpc) is 2.56. The first-order valence-corrected chi connectivity index (χ1v) is 6.50. The number of carboxylic acid groups (broad SMARTS) is 1. The van der Waals surface area contributed by atoms with E-state index in [1.54, 1.807) is 0 Å². The SMILES string of the molecule is CC(C)CC(NC(=O)C1OC(C)CC1C)C(=O)O. The van der Waals surface area contributed by atoms with E-state index in [1.165, 1.54) is 0 Å². The first-order chi connectivity index (χ1) is 8.31. The normalized spacial score (nSPS) is 29.3. The molecule has 18 heavy (non-hydrogen) atoms. The fourth-order valence-electron chi connectivity index (χ4n) is 2.35. The molecule has 1 fully saturated rings. The topological polar surface area (TPSA) is 75.6 Å². The quantitative estimate of drug-likeness (QED) is 0.781. The van der Waals surface area contributed by atoms with Crippen molar-refractivity contribution in [2.24, 2.45) is 11.8 Å². The van der Waals surface area contributed by atoms with Gasteiger partial charge in [-0.1, -0.05) is 20.8 Å². The standard InChI is InChI=1S/C13H23NO4/c1-7(2)5-10(13(16)17)14-12(15)11-8(3)6-9(4)18-11/h7-11H,5-6H2,1-4H3,(H,14,15)(H,16,17). The lowest BCUT2D eigenvalue weighted by atomic mass is 10.00. The molecule has 0 aliphatic carbocycles. The Morgan fingerprint density at radius 1 is 1.39 bits per heavy atom. The molecule has 0 aromatic heterocycles. The highest BCUT2D eigenvalue weighted by molar-refractivity contribution is 5.86. The van der Waals surface area contributed by atoms with E-state index in [0.717, 1.165) is 6.42 Å². The molecule has 4 unspecified atom stereocenters. The van der Waals surface area contributed by atoms with Gasteiger partial charge in [-0.05, 0) is 31.6 Å². The Morgan fingerprint density at radius 2 is 2.00 bits per heavy atom. The maximum atomic E-state index is 12.0. The van der Waals surface area contributed by atoms with Gasteiger partial charge in [0, 0.05) is 0 Å². The summed E-state index contributed by atoms with van der Waals surface area (Å²) in [5, 5.41) is 11.7. The Kier molecular flexibility index (Phi) is 5.14. The zero-order valence-corrected chi connectivity index (χ0v) is 11.5. The lowest BCUT2D eigenvalue weighted by Crippen LogP contribution is -2.47. The molecule has 5 nitrogen and oxygen atoms in total. The van der Waals surface area contributed by atoms with Gasteiger partial charge in [-0.15, -0.1) is 0 Å². The first-order valence-electron chi connectivity index (χ1n) is 6.50. The van der Waals surface area contributed by atoms with Crippen molar-refractivity contribution >= 4 is 11.9 Å². The van der Waals surface area contributed by atoms with E-state index < -0.39 is 18.1 Å². The predicted molar refractivity (Wildman–Crippen MR) is 67.1 cm³/mol. The second-order valence-corrected chi connectivity index (χ2v) is 5.61. The van der Waals surface area contributed by atoms with Crippen LogP contribution in [0.2, 0.25) is 0 Å². The van der Waals surface area contributed by atoms with Gasteiger partial charge in [0.2, 0.25) is 5.91 Å². The molecule has 0 aromatic carbocycles. The summed E-state index contributed by atoms with van der Waals surface area (Å²) < 4.78 is 5.52. The smallest absolute Gasteiger partial charge is 0.326 e. The third-order valence-electron chi connectivity index (χ3n) is 3.18. The van der Waals surface area contributed by atoms with E-state index in [0.29, 0.717) is 6.42 Å². The van der Waals surface area contributed by atoms with Crippen LogP contribution >= 0.6 is 0 Å². The summed E-state index contributed by atoms with van der Waals surface area (Å²) in [7, 11) is 0. The van der Waals surface area contributed by atoms with Crippen molar-refractivity contribution < 1.29 is 19.4 Å². The Balaban J connectivity index is 2.58. The number of aliphatic carboxylic acids is 1. The monoisotopic (exact) mass is 257 g/mol. The van der Waals surface area contributed by atoms with Crippen LogP contribution < -0.4 is 5.32 Å². The van der Waals surface area contributed by atoms with Crippen molar-refractivity contribution in [3.05, 3.63) is 0 Å². The van der Waals surface area contributed by atoms with E-state index >= 15 is 0 Å². The molecule has 4 atom stereocenters. The number of amides is 1. The zero-order valence-electron chi connectivity index (χ0n) is 11.5. The Labute approximate surface area is 108 Å². The Morgan fingerprint density at radius 3 is 2.39 bits per heavy atom. The number of carbonyl (C=O) groups is 2. The van der Waals surface area contributed by atoms with Gasteiger partial charge in [-0.25, -0.2) is 4.79 Å². The van der Waals surface area contributed by atoms with Gasteiger partial charge < -0.3 is 15.2 Å². The highest BCUT2D eigenvalue weighted by Gasteiger charge is 2.36. The number of hydrogen-bond donors (Lipinski definition) is 2. The van der Waals surface area contributed by atoms with Crippen molar-refractivity contribution in [3.63, 3.8) is 0 Å². The van der Waals surface area contributed by atoms with Crippen molar-refractivity contribution in [1.82, 2.24) is 5.32 Å². The summed E-state index contributed by atoms with van der Waals surface area (Å²) >= 11 is 0. The predicted octanol–water partition coefficient (Wildman–Crippen LogP) is 1.42. The number of nitrogens with one attached hydrogen (secondary N) is 1. The summed E-state index contributed by atoms with van der Waals surface area (Å²) in [4.78, 5) is 23.1. The second-order valence-electron chi connectivity index (χ2n) is 5.61. The molecule has 0 radical (unpaired) electrons. The van der Waals surface area contributed by atoms with Crippen LogP contribution in [-0.4, -0.2) is 35.2 Å². The van der Waals surface area contributed by atoms with Crippen molar-refractivity contribution in [3.8, 4) is 0 Å². The highest BCUT2D eigenvalue weighted by atomic mass is 16.5. The van der Waals surface area contributed by atoms with Crippen LogP contribution in [0.5, 0.6) is 0 Å². The van der Waals surface area contributed by atoms with Gasteiger partial charge in [-0.2, -0.15) is 0 Å².